The van der Waals surface area contributed by atoms with Gasteiger partial charge in [0, 0.05) is 24.2 Å². The Kier molecular flexibility index (Phi) is 6.74. The summed E-state index contributed by atoms with van der Waals surface area (Å²) in [6.07, 6.45) is 3.64. The average Bonchev–Trinajstić information content (AvgIpc) is 2.74. The third-order valence-corrected chi connectivity index (χ3v) is 5.00. The molecule has 4 nitrogen and oxygen atoms in total. The molecule has 0 saturated heterocycles. The minimum Gasteiger partial charge on any atom is -0.497 e. The molecule has 1 aromatic heterocycles. The fourth-order valence-corrected chi connectivity index (χ4v) is 3.34. The second-order valence-electron chi connectivity index (χ2n) is 6.14. The van der Waals surface area contributed by atoms with Gasteiger partial charge in [-0.2, -0.15) is 4.57 Å². The van der Waals surface area contributed by atoms with Crippen LogP contribution in [0.25, 0.3) is 0 Å². The second-order valence-corrected chi connectivity index (χ2v) is 6.98. The molecule has 28 heavy (non-hydrogen) atoms. The quantitative estimate of drug-likeness (QED) is 0.360. The Hall–Kier alpha value is -2.76. The zero-order valence-electron chi connectivity index (χ0n) is 15.3. The summed E-state index contributed by atoms with van der Waals surface area (Å²) in [5, 5.41) is 3.62. The summed E-state index contributed by atoms with van der Waals surface area (Å²) in [5.41, 5.74) is 1.48. The van der Waals surface area contributed by atoms with Crippen LogP contribution in [0.1, 0.15) is 22.0 Å². The number of benzene rings is 2. The summed E-state index contributed by atoms with van der Waals surface area (Å²) < 4.78 is 6.96. The lowest BCUT2D eigenvalue weighted by atomic mass is 10.0. The first-order valence-electron chi connectivity index (χ1n) is 8.75. The number of aromatic nitrogens is 1. The maximum Gasteiger partial charge on any atom is 0.270 e. The van der Waals surface area contributed by atoms with E-state index < -0.39 is 6.04 Å². The summed E-state index contributed by atoms with van der Waals surface area (Å²) in [6.45, 7) is 0.503. The van der Waals surface area contributed by atoms with Gasteiger partial charge in [-0.05, 0) is 29.8 Å². The van der Waals surface area contributed by atoms with E-state index in [0.29, 0.717) is 22.1 Å². The van der Waals surface area contributed by atoms with Crippen molar-refractivity contribution < 1.29 is 14.1 Å². The van der Waals surface area contributed by atoms with Crippen LogP contribution in [0.2, 0.25) is 5.02 Å². The third-order valence-electron chi connectivity index (χ3n) is 4.30. The van der Waals surface area contributed by atoms with Gasteiger partial charge in [0.1, 0.15) is 5.75 Å². The van der Waals surface area contributed by atoms with Gasteiger partial charge in [0.15, 0.2) is 17.4 Å². The van der Waals surface area contributed by atoms with Crippen LogP contribution >= 0.6 is 23.8 Å². The highest BCUT2D eigenvalue weighted by Crippen LogP contribution is 2.20. The molecule has 0 aliphatic rings. The molecule has 1 N–H and O–H groups in total. The number of halogens is 1. The van der Waals surface area contributed by atoms with E-state index >= 15 is 0 Å². The van der Waals surface area contributed by atoms with Gasteiger partial charge in [0.25, 0.3) is 6.04 Å². The predicted octanol–water partition coefficient (Wildman–Crippen LogP) is 4.18. The Labute approximate surface area is 174 Å². The Balaban J connectivity index is 1.83. The molecule has 1 unspecified atom stereocenters. The highest BCUT2D eigenvalue weighted by molar-refractivity contribution is 7.80. The van der Waals surface area contributed by atoms with Gasteiger partial charge in [-0.1, -0.05) is 54.2 Å². The van der Waals surface area contributed by atoms with Gasteiger partial charge in [-0.15, -0.1) is 0 Å². The van der Waals surface area contributed by atoms with E-state index in [1.165, 1.54) is 0 Å². The summed E-state index contributed by atoms with van der Waals surface area (Å²) in [7, 11) is 1.63. The molecular weight excluding hydrogens is 392 g/mol. The standard InChI is InChI=1S/C22H19ClN2O2S/c1-27-17-11-9-16(10-12-17)15-24-22(28)20(25-13-5-2-6-14-25)21(26)18-7-3-4-8-19(18)23/h2-14,20H,15H2,1H3/p+1. The van der Waals surface area contributed by atoms with Crippen LogP contribution in [0, 0.1) is 0 Å². The van der Waals surface area contributed by atoms with Crippen LogP contribution in [0.15, 0.2) is 79.1 Å². The fraction of sp³-hybridized carbons (Fsp3) is 0.136. The smallest absolute Gasteiger partial charge is 0.270 e. The molecule has 3 aromatic rings. The van der Waals surface area contributed by atoms with E-state index in [4.69, 9.17) is 28.6 Å². The highest BCUT2D eigenvalue weighted by atomic mass is 35.5. The molecule has 1 heterocycles. The number of nitrogens with one attached hydrogen (secondary N) is 1. The van der Waals surface area contributed by atoms with Crippen LogP contribution in [0.5, 0.6) is 5.75 Å². The van der Waals surface area contributed by atoms with Crippen molar-refractivity contribution in [1.29, 1.82) is 0 Å². The monoisotopic (exact) mass is 411 g/mol. The molecule has 1 atom stereocenters. The van der Waals surface area contributed by atoms with Crippen molar-refractivity contribution in [3.8, 4) is 5.75 Å². The number of rotatable bonds is 7. The van der Waals surface area contributed by atoms with Gasteiger partial charge >= 0.3 is 0 Å². The maximum atomic E-state index is 13.3. The zero-order valence-corrected chi connectivity index (χ0v) is 16.9. The molecule has 3 rings (SSSR count). The van der Waals surface area contributed by atoms with Gasteiger partial charge < -0.3 is 10.1 Å². The summed E-state index contributed by atoms with van der Waals surface area (Å²) in [5.74, 6) is 0.631. The number of ketones is 1. The Bertz CT molecular complexity index is 962. The highest BCUT2D eigenvalue weighted by Gasteiger charge is 2.33. The van der Waals surface area contributed by atoms with Crippen LogP contribution in [0.3, 0.4) is 0 Å². The fourth-order valence-electron chi connectivity index (χ4n) is 2.81. The normalized spacial score (nSPS) is 11.5. The number of carbonyl (C=O) groups is 1. The lowest BCUT2D eigenvalue weighted by Gasteiger charge is -2.15. The number of ether oxygens (including phenoxy) is 1. The number of carbonyl (C=O) groups excluding carboxylic acids is 1. The molecular formula is C22H20ClN2O2S+. The largest absolute Gasteiger partial charge is 0.497 e. The number of pyridine rings is 1. The molecule has 0 aliphatic heterocycles. The number of Topliss-reactive ketones (excluding diaryl/α,β-unsaturated/α-hetero) is 1. The van der Waals surface area contributed by atoms with E-state index in [9.17, 15) is 4.79 Å². The maximum absolute atomic E-state index is 13.3. The Morgan fingerprint density at radius 2 is 1.75 bits per heavy atom. The van der Waals surface area contributed by atoms with Gasteiger partial charge in [0.2, 0.25) is 5.78 Å². The van der Waals surface area contributed by atoms with Gasteiger partial charge in [-0.25, -0.2) is 0 Å². The van der Waals surface area contributed by atoms with Crippen molar-refractivity contribution >= 4 is 34.6 Å². The number of nitrogens with zero attached hydrogens (tertiary/aromatic N) is 1. The van der Waals surface area contributed by atoms with Crippen molar-refractivity contribution in [2.24, 2.45) is 0 Å². The van der Waals surface area contributed by atoms with E-state index in [-0.39, 0.29) is 5.78 Å². The van der Waals surface area contributed by atoms with Crippen molar-refractivity contribution in [1.82, 2.24) is 5.32 Å². The molecule has 0 spiro atoms. The van der Waals surface area contributed by atoms with Gasteiger partial charge in [0.05, 0.1) is 12.1 Å². The van der Waals surface area contributed by atoms with E-state index in [1.807, 2.05) is 54.9 Å². The zero-order chi connectivity index (χ0) is 19.9. The summed E-state index contributed by atoms with van der Waals surface area (Å²) >= 11 is 11.9. The van der Waals surface area contributed by atoms with Gasteiger partial charge in [-0.3, -0.25) is 4.79 Å². The number of hydrogen-bond donors (Lipinski definition) is 1. The van der Waals surface area contributed by atoms with Crippen molar-refractivity contribution in [2.45, 2.75) is 12.6 Å². The summed E-state index contributed by atoms with van der Waals surface area (Å²) in [6, 6.07) is 19.6. The minimum atomic E-state index is -0.686. The predicted molar refractivity (Wildman–Crippen MR) is 114 cm³/mol. The number of methoxy groups -OCH3 is 1. The first-order chi connectivity index (χ1) is 13.6. The SMILES string of the molecule is COc1ccc(CNC(=S)C(C(=O)c2ccccc2Cl)[n+]2ccccc2)cc1. The molecule has 6 heteroatoms. The van der Waals surface area contributed by atoms with E-state index in [1.54, 1.807) is 35.9 Å². The van der Waals surface area contributed by atoms with E-state index in [2.05, 4.69) is 5.32 Å². The molecule has 0 fully saturated rings. The van der Waals surface area contributed by atoms with E-state index in [0.717, 1.165) is 11.3 Å². The topological polar surface area (TPSA) is 42.2 Å². The molecule has 0 saturated carbocycles. The van der Waals surface area contributed by atoms with Crippen LogP contribution in [0.4, 0.5) is 0 Å². The third kappa shape index (κ3) is 4.74. The average molecular weight is 412 g/mol. The Morgan fingerprint density at radius 3 is 2.39 bits per heavy atom. The van der Waals surface area contributed by atoms with Crippen molar-refractivity contribution in [3.63, 3.8) is 0 Å². The number of thiocarbonyl (C=S) groups is 1. The molecule has 0 aliphatic carbocycles. The lowest BCUT2D eigenvalue weighted by molar-refractivity contribution is -0.692. The minimum absolute atomic E-state index is 0.158. The summed E-state index contributed by atoms with van der Waals surface area (Å²) in [4.78, 5) is 13.7. The number of hydrogen-bond acceptors (Lipinski definition) is 3. The Morgan fingerprint density at radius 1 is 1.07 bits per heavy atom. The molecule has 0 amide bonds. The van der Waals surface area contributed by atoms with Crippen LogP contribution in [-0.2, 0) is 6.54 Å². The van der Waals surface area contributed by atoms with Crippen LogP contribution < -0.4 is 14.6 Å². The van der Waals surface area contributed by atoms with Crippen LogP contribution in [-0.4, -0.2) is 17.9 Å². The molecule has 2 aromatic carbocycles. The second kappa shape index (κ2) is 9.44. The molecule has 0 bridgehead atoms. The lowest BCUT2D eigenvalue weighted by Crippen LogP contribution is -2.51. The van der Waals surface area contributed by atoms with Crippen molar-refractivity contribution in [2.75, 3.05) is 7.11 Å². The first-order valence-corrected chi connectivity index (χ1v) is 9.54. The molecule has 142 valence electrons. The molecule has 0 radical (unpaired) electrons. The first kappa shape index (κ1) is 20.0. The van der Waals surface area contributed by atoms with Crippen molar-refractivity contribution in [3.05, 3.63) is 95.3 Å².